The second-order valence-corrected chi connectivity index (χ2v) is 4.19. The number of benzene rings is 1. The fraction of sp³-hybridized carbons (Fsp3) is 0. The van der Waals surface area contributed by atoms with Crippen molar-refractivity contribution in [3.8, 4) is 0 Å². The highest BCUT2D eigenvalue weighted by molar-refractivity contribution is 6.32. The van der Waals surface area contributed by atoms with Crippen molar-refractivity contribution in [1.29, 1.82) is 0 Å². The molecule has 0 radical (unpaired) electrons. The summed E-state index contributed by atoms with van der Waals surface area (Å²) in [4.78, 5) is 7.28. The van der Waals surface area contributed by atoms with Crippen LogP contribution in [0.4, 0.5) is 0 Å². The number of fused-ring (bicyclic) bond motifs is 3. The highest BCUT2D eigenvalue weighted by Gasteiger charge is 2.05. The molecule has 74 valence electrons. The lowest BCUT2D eigenvalue weighted by atomic mass is 10.2. The molecule has 0 atom stereocenters. The molecule has 0 amide bonds. The number of aromatic nitrogens is 2. The Morgan fingerprint density at radius 3 is 2.67 bits per heavy atom. The van der Waals surface area contributed by atoms with Gasteiger partial charge in [-0.1, -0.05) is 23.2 Å². The summed E-state index contributed by atoms with van der Waals surface area (Å²) in [5.41, 5.74) is 2.01. The number of aromatic amines is 1. The first-order chi connectivity index (χ1) is 7.24. The van der Waals surface area contributed by atoms with Gasteiger partial charge >= 0.3 is 0 Å². The van der Waals surface area contributed by atoms with Crippen molar-refractivity contribution in [3.63, 3.8) is 0 Å². The van der Waals surface area contributed by atoms with Crippen molar-refractivity contribution in [2.75, 3.05) is 0 Å². The van der Waals surface area contributed by atoms with E-state index in [0.717, 1.165) is 26.8 Å². The van der Waals surface area contributed by atoms with E-state index in [1.165, 1.54) is 0 Å². The number of hydrogen-bond acceptors (Lipinski definition) is 1. The molecule has 0 fully saturated rings. The minimum Gasteiger partial charge on any atom is -0.353 e. The molecule has 1 N–H and O–H groups in total. The second-order valence-electron chi connectivity index (χ2n) is 3.37. The summed E-state index contributed by atoms with van der Waals surface area (Å²) in [7, 11) is 0. The molecule has 0 bridgehead atoms. The van der Waals surface area contributed by atoms with Gasteiger partial charge in [-0.05, 0) is 24.3 Å². The number of nitrogens with zero attached hydrogens (tertiary/aromatic N) is 1. The Balaban J connectivity index is 2.55. The zero-order chi connectivity index (χ0) is 10.4. The lowest BCUT2D eigenvalue weighted by Gasteiger charge is -1.92. The molecule has 3 aromatic rings. The maximum atomic E-state index is 5.95. The molecule has 0 aliphatic heterocycles. The van der Waals surface area contributed by atoms with Crippen LogP contribution in [0.25, 0.3) is 21.8 Å². The van der Waals surface area contributed by atoms with Gasteiger partial charge in [-0.25, -0.2) is 4.98 Å². The van der Waals surface area contributed by atoms with Crippen LogP contribution < -0.4 is 0 Å². The van der Waals surface area contributed by atoms with Gasteiger partial charge in [0.05, 0.1) is 11.7 Å². The smallest absolute Gasteiger partial charge is 0.129 e. The van der Waals surface area contributed by atoms with E-state index in [0.29, 0.717) is 5.15 Å². The van der Waals surface area contributed by atoms with E-state index < -0.39 is 0 Å². The van der Waals surface area contributed by atoms with Gasteiger partial charge in [-0.2, -0.15) is 0 Å². The van der Waals surface area contributed by atoms with E-state index in [-0.39, 0.29) is 0 Å². The number of H-pyrrole nitrogens is 1. The Kier molecular flexibility index (Phi) is 1.87. The van der Waals surface area contributed by atoms with Crippen molar-refractivity contribution in [2.45, 2.75) is 0 Å². The molecule has 15 heavy (non-hydrogen) atoms. The number of nitrogens with one attached hydrogen (secondary N) is 1. The quantitative estimate of drug-likeness (QED) is 0.587. The van der Waals surface area contributed by atoms with Crippen LogP contribution in [0.2, 0.25) is 10.2 Å². The van der Waals surface area contributed by atoms with Crippen molar-refractivity contribution in [1.82, 2.24) is 9.97 Å². The molecule has 0 aliphatic rings. The molecule has 2 heterocycles. The van der Waals surface area contributed by atoms with Gasteiger partial charge in [0.1, 0.15) is 5.15 Å². The molecule has 4 heteroatoms. The number of pyridine rings is 1. The summed E-state index contributed by atoms with van der Waals surface area (Å²) < 4.78 is 0. The molecule has 0 saturated heterocycles. The summed E-state index contributed by atoms with van der Waals surface area (Å²) in [5, 5.41) is 3.33. The highest BCUT2D eigenvalue weighted by Crippen LogP contribution is 2.28. The zero-order valence-corrected chi connectivity index (χ0v) is 9.10. The minimum absolute atomic E-state index is 0.489. The van der Waals surface area contributed by atoms with Gasteiger partial charge in [-0.3, -0.25) is 0 Å². The Morgan fingerprint density at radius 1 is 1.00 bits per heavy atom. The van der Waals surface area contributed by atoms with Crippen LogP contribution in [0.3, 0.4) is 0 Å². The fourth-order valence-electron chi connectivity index (χ4n) is 1.75. The van der Waals surface area contributed by atoms with Crippen LogP contribution in [0, 0.1) is 0 Å². The summed E-state index contributed by atoms with van der Waals surface area (Å²) >= 11 is 11.8. The predicted octanol–water partition coefficient (Wildman–Crippen LogP) is 4.02. The van der Waals surface area contributed by atoms with Crippen LogP contribution in [0.5, 0.6) is 0 Å². The summed E-state index contributed by atoms with van der Waals surface area (Å²) in [6, 6.07) is 7.57. The van der Waals surface area contributed by atoms with Crippen LogP contribution in [0.1, 0.15) is 0 Å². The lowest BCUT2D eigenvalue weighted by Crippen LogP contribution is -1.73. The van der Waals surface area contributed by atoms with Crippen LogP contribution >= 0.6 is 23.2 Å². The largest absolute Gasteiger partial charge is 0.353 e. The number of rotatable bonds is 0. The maximum absolute atomic E-state index is 5.95. The lowest BCUT2D eigenvalue weighted by molar-refractivity contribution is 1.35. The van der Waals surface area contributed by atoms with Crippen molar-refractivity contribution >= 4 is 45.0 Å². The SMILES string of the molecule is Clc1ccc2[nH]c3cnc(Cl)cc3c2c1. The number of hydrogen-bond donors (Lipinski definition) is 1. The van der Waals surface area contributed by atoms with Crippen molar-refractivity contribution in [2.24, 2.45) is 0 Å². The monoisotopic (exact) mass is 236 g/mol. The molecule has 0 unspecified atom stereocenters. The van der Waals surface area contributed by atoms with Gasteiger partial charge < -0.3 is 4.98 Å². The van der Waals surface area contributed by atoms with Crippen LogP contribution in [0.15, 0.2) is 30.5 Å². The van der Waals surface area contributed by atoms with Crippen molar-refractivity contribution in [3.05, 3.63) is 40.6 Å². The Labute approximate surface area is 95.8 Å². The molecular weight excluding hydrogens is 231 g/mol. The molecule has 3 rings (SSSR count). The Bertz CT molecular complexity index is 602. The fourth-order valence-corrected chi connectivity index (χ4v) is 2.08. The first kappa shape index (κ1) is 9.01. The molecule has 0 saturated carbocycles. The predicted molar refractivity (Wildman–Crippen MR) is 63.6 cm³/mol. The van der Waals surface area contributed by atoms with Gasteiger partial charge in [0.15, 0.2) is 0 Å². The van der Waals surface area contributed by atoms with E-state index >= 15 is 0 Å². The van der Waals surface area contributed by atoms with Gasteiger partial charge in [-0.15, -0.1) is 0 Å². The van der Waals surface area contributed by atoms with E-state index in [9.17, 15) is 0 Å². The Hall–Kier alpha value is -1.25. The van der Waals surface area contributed by atoms with Gasteiger partial charge in [0.25, 0.3) is 0 Å². The first-order valence-electron chi connectivity index (χ1n) is 4.46. The van der Waals surface area contributed by atoms with Gasteiger partial charge in [0, 0.05) is 21.3 Å². The third kappa shape index (κ3) is 1.37. The second kappa shape index (κ2) is 3.12. The minimum atomic E-state index is 0.489. The standard InChI is InChI=1S/C11H6Cl2N2/c12-6-1-2-9-7(3-6)8-4-11(13)14-5-10(8)15-9/h1-5,15H. The van der Waals surface area contributed by atoms with E-state index in [2.05, 4.69) is 9.97 Å². The Morgan fingerprint density at radius 2 is 1.80 bits per heavy atom. The summed E-state index contributed by atoms with van der Waals surface area (Å²) in [6.07, 6.45) is 1.73. The molecule has 0 aliphatic carbocycles. The van der Waals surface area contributed by atoms with Crippen molar-refractivity contribution < 1.29 is 0 Å². The average molecular weight is 237 g/mol. The van der Waals surface area contributed by atoms with Gasteiger partial charge in [0.2, 0.25) is 0 Å². The molecule has 1 aromatic carbocycles. The maximum Gasteiger partial charge on any atom is 0.129 e. The topological polar surface area (TPSA) is 28.7 Å². The summed E-state index contributed by atoms with van der Waals surface area (Å²) in [5.74, 6) is 0. The molecule has 0 spiro atoms. The average Bonchev–Trinajstić information content (AvgIpc) is 2.56. The van der Waals surface area contributed by atoms with E-state index in [4.69, 9.17) is 23.2 Å². The highest BCUT2D eigenvalue weighted by atomic mass is 35.5. The zero-order valence-electron chi connectivity index (χ0n) is 7.59. The normalized spacial score (nSPS) is 11.3. The van der Waals surface area contributed by atoms with Crippen LogP contribution in [-0.2, 0) is 0 Å². The first-order valence-corrected chi connectivity index (χ1v) is 5.22. The third-order valence-electron chi connectivity index (χ3n) is 2.41. The molecule has 2 aromatic heterocycles. The molecular formula is C11H6Cl2N2. The summed E-state index contributed by atoms with van der Waals surface area (Å²) in [6.45, 7) is 0. The number of halogens is 2. The van der Waals surface area contributed by atoms with Crippen LogP contribution in [-0.4, -0.2) is 9.97 Å². The van der Waals surface area contributed by atoms with E-state index in [1.807, 2.05) is 24.3 Å². The molecule has 2 nitrogen and oxygen atoms in total. The van der Waals surface area contributed by atoms with E-state index in [1.54, 1.807) is 6.20 Å². The third-order valence-corrected chi connectivity index (χ3v) is 2.85.